The molecule has 2 heteroatoms. The molecule has 0 aromatic heterocycles. The summed E-state index contributed by atoms with van der Waals surface area (Å²) in [4.78, 5) is 11.1. The van der Waals surface area contributed by atoms with E-state index in [0.29, 0.717) is 10.4 Å². The van der Waals surface area contributed by atoms with Gasteiger partial charge in [0.15, 0.2) is 5.12 Å². The third-order valence-corrected chi connectivity index (χ3v) is 3.04. The van der Waals surface area contributed by atoms with Crippen molar-refractivity contribution in [3.05, 3.63) is 6.42 Å². The van der Waals surface area contributed by atoms with E-state index in [1.807, 2.05) is 13.8 Å². The van der Waals surface area contributed by atoms with Crippen LogP contribution >= 0.6 is 11.8 Å². The summed E-state index contributed by atoms with van der Waals surface area (Å²) in [5.41, 5.74) is 0. The van der Waals surface area contributed by atoms with Crippen molar-refractivity contribution < 1.29 is 4.79 Å². The lowest BCUT2D eigenvalue weighted by Gasteiger charge is -2.23. The molecule has 1 aliphatic carbocycles. The summed E-state index contributed by atoms with van der Waals surface area (Å²) in [6.45, 7) is 3.91. The quantitative estimate of drug-likeness (QED) is 0.611. The fraction of sp³-hybridized carbons (Fsp3) is 0.750. The van der Waals surface area contributed by atoms with Crippen LogP contribution in [-0.2, 0) is 4.79 Å². The normalized spacial score (nSPS) is 19.1. The van der Waals surface area contributed by atoms with Crippen LogP contribution in [0, 0.1) is 12.3 Å². The van der Waals surface area contributed by atoms with E-state index < -0.39 is 0 Å². The zero-order valence-electron chi connectivity index (χ0n) is 6.46. The second-order valence-electron chi connectivity index (χ2n) is 2.97. The van der Waals surface area contributed by atoms with Gasteiger partial charge in [0.25, 0.3) is 0 Å². The minimum absolute atomic E-state index is 0.200. The third-order valence-electron chi connectivity index (χ3n) is 1.61. The van der Waals surface area contributed by atoms with Crippen LogP contribution in [-0.4, -0.2) is 10.4 Å². The molecule has 0 atom stereocenters. The van der Waals surface area contributed by atoms with Crippen LogP contribution in [0.25, 0.3) is 0 Å². The van der Waals surface area contributed by atoms with Crippen molar-refractivity contribution in [3.8, 4) is 0 Å². The fourth-order valence-corrected chi connectivity index (χ4v) is 1.76. The summed E-state index contributed by atoms with van der Waals surface area (Å²) in [5.74, 6) is 0.200. The van der Waals surface area contributed by atoms with Crippen LogP contribution in [0.2, 0.25) is 0 Å². The van der Waals surface area contributed by atoms with Gasteiger partial charge in [-0.05, 0) is 19.3 Å². The Bertz CT molecular complexity index is 127. The maximum atomic E-state index is 11.1. The summed E-state index contributed by atoms with van der Waals surface area (Å²) < 4.78 is 0. The highest BCUT2D eigenvalue weighted by atomic mass is 32.2. The Balaban J connectivity index is 2.17. The Morgan fingerprint density at radius 1 is 1.60 bits per heavy atom. The SMILES string of the molecule is CC(C)C(=O)SC1C[CH]C1. The second kappa shape index (κ2) is 3.42. The van der Waals surface area contributed by atoms with E-state index in [-0.39, 0.29) is 5.92 Å². The Morgan fingerprint density at radius 3 is 2.50 bits per heavy atom. The maximum absolute atomic E-state index is 11.1. The molecule has 0 amide bonds. The van der Waals surface area contributed by atoms with Gasteiger partial charge in [0.05, 0.1) is 0 Å². The fourth-order valence-electron chi connectivity index (χ4n) is 0.699. The number of hydrogen-bond acceptors (Lipinski definition) is 2. The molecule has 1 radical (unpaired) electrons. The summed E-state index contributed by atoms with van der Waals surface area (Å²) in [7, 11) is 0. The van der Waals surface area contributed by atoms with Crippen LogP contribution in [0.1, 0.15) is 26.7 Å². The second-order valence-corrected chi connectivity index (χ2v) is 4.28. The van der Waals surface area contributed by atoms with Gasteiger partial charge in [-0.2, -0.15) is 0 Å². The van der Waals surface area contributed by atoms with Crippen LogP contribution < -0.4 is 0 Å². The predicted octanol–water partition coefficient (Wildman–Crippen LogP) is 2.27. The monoisotopic (exact) mass is 157 g/mol. The molecule has 0 heterocycles. The number of carbonyl (C=O) groups is 1. The molecule has 1 saturated carbocycles. The molecule has 1 nitrogen and oxygen atoms in total. The molecule has 0 aromatic rings. The van der Waals surface area contributed by atoms with Crippen molar-refractivity contribution in [2.75, 3.05) is 0 Å². The molecular formula is C8H13OS. The number of hydrogen-bond donors (Lipinski definition) is 0. The molecule has 0 saturated heterocycles. The molecule has 10 heavy (non-hydrogen) atoms. The first-order chi connectivity index (χ1) is 4.70. The summed E-state index contributed by atoms with van der Waals surface area (Å²) in [6, 6.07) is 0. The van der Waals surface area contributed by atoms with Crippen molar-refractivity contribution in [3.63, 3.8) is 0 Å². The van der Waals surface area contributed by atoms with E-state index in [1.165, 1.54) is 11.8 Å². The van der Waals surface area contributed by atoms with E-state index in [4.69, 9.17) is 0 Å². The van der Waals surface area contributed by atoms with Crippen LogP contribution in [0.5, 0.6) is 0 Å². The molecule has 57 valence electrons. The van der Waals surface area contributed by atoms with Crippen LogP contribution in [0.15, 0.2) is 0 Å². The number of carbonyl (C=O) groups excluding carboxylic acids is 1. The van der Waals surface area contributed by atoms with Crippen molar-refractivity contribution in [2.45, 2.75) is 31.9 Å². The van der Waals surface area contributed by atoms with Gasteiger partial charge >= 0.3 is 0 Å². The average Bonchev–Trinajstić information content (AvgIpc) is 1.77. The third kappa shape index (κ3) is 2.01. The number of rotatable bonds is 2. The van der Waals surface area contributed by atoms with Crippen molar-refractivity contribution >= 4 is 16.9 Å². The molecule has 1 fully saturated rings. The standard InChI is InChI=1S/C8H13OS/c1-6(2)8(9)10-7-4-3-5-7/h3,6-7H,4-5H2,1-2H3. The lowest BCUT2D eigenvalue weighted by atomic mass is 10.00. The average molecular weight is 157 g/mol. The molecule has 0 aromatic carbocycles. The van der Waals surface area contributed by atoms with Gasteiger partial charge in [-0.25, -0.2) is 0 Å². The molecule has 0 aliphatic heterocycles. The highest BCUT2D eigenvalue weighted by Crippen LogP contribution is 2.32. The summed E-state index contributed by atoms with van der Waals surface area (Å²) in [5, 5.41) is 0.952. The van der Waals surface area contributed by atoms with Gasteiger partial charge in [-0.3, -0.25) is 4.79 Å². The van der Waals surface area contributed by atoms with Gasteiger partial charge < -0.3 is 0 Å². The lowest BCUT2D eigenvalue weighted by Crippen LogP contribution is -2.18. The van der Waals surface area contributed by atoms with E-state index in [9.17, 15) is 4.79 Å². The van der Waals surface area contributed by atoms with Crippen molar-refractivity contribution in [2.24, 2.45) is 5.92 Å². The molecular weight excluding hydrogens is 144 g/mol. The van der Waals surface area contributed by atoms with Crippen LogP contribution in [0.3, 0.4) is 0 Å². The van der Waals surface area contributed by atoms with Gasteiger partial charge in [-0.1, -0.05) is 25.6 Å². The predicted molar refractivity (Wildman–Crippen MR) is 44.8 cm³/mol. The largest absolute Gasteiger partial charge is 0.287 e. The first kappa shape index (κ1) is 8.12. The molecule has 1 aliphatic rings. The van der Waals surface area contributed by atoms with Crippen molar-refractivity contribution in [1.29, 1.82) is 0 Å². The van der Waals surface area contributed by atoms with E-state index >= 15 is 0 Å². The van der Waals surface area contributed by atoms with Crippen LogP contribution in [0.4, 0.5) is 0 Å². The van der Waals surface area contributed by atoms with Gasteiger partial charge in [0, 0.05) is 11.2 Å². The lowest BCUT2D eigenvalue weighted by molar-refractivity contribution is -0.113. The highest BCUT2D eigenvalue weighted by Gasteiger charge is 2.22. The highest BCUT2D eigenvalue weighted by molar-refractivity contribution is 8.14. The summed E-state index contributed by atoms with van der Waals surface area (Å²) in [6.07, 6.45) is 4.48. The van der Waals surface area contributed by atoms with E-state index in [2.05, 4.69) is 6.42 Å². The topological polar surface area (TPSA) is 17.1 Å². The Hall–Kier alpha value is 0.0200. The first-order valence-electron chi connectivity index (χ1n) is 3.72. The number of thioether (sulfide) groups is 1. The molecule has 1 rings (SSSR count). The Morgan fingerprint density at radius 2 is 2.20 bits per heavy atom. The van der Waals surface area contributed by atoms with Gasteiger partial charge in [0.2, 0.25) is 0 Å². The van der Waals surface area contributed by atoms with Gasteiger partial charge in [0.1, 0.15) is 0 Å². The Labute approximate surface area is 66.6 Å². The smallest absolute Gasteiger partial charge is 0.191 e. The van der Waals surface area contributed by atoms with E-state index in [0.717, 1.165) is 12.8 Å². The van der Waals surface area contributed by atoms with Gasteiger partial charge in [-0.15, -0.1) is 0 Å². The maximum Gasteiger partial charge on any atom is 0.191 e. The minimum atomic E-state index is 0.200. The summed E-state index contributed by atoms with van der Waals surface area (Å²) >= 11 is 1.52. The van der Waals surface area contributed by atoms with E-state index in [1.54, 1.807) is 0 Å². The first-order valence-corrected chi connectivity index (χ1v) is 4.60. The Kier molecular flexibility index (Phi) is 2.78. The zero-order chi connectivity index (χ0) is 7.56. The zero-order valence-corrected chi connectivity index (χ0v) is 7.28. The molecule has 0 N–H and O–H groups in total. The molecule has 0 bridgehead atoms. The molecule has 0 spiro atoms. The molecule has 0 unspecified atom stereocenters. The minimum Gasteiger partial charge on any atom is -0.287 e. The van der Waals surface area contributed by atoms with Crippen molar-refractivity contribution in [1.82, 2.24) is 0 Å².